The summed E-state index contributed by atoms with van der Waals surface area (Å²) in [6, 6.07) is 5.96. The number of aryl methyl sites for hydroxylation is 1. The number of nitrogens with one attached hydrogen (secondary N) is 2. The van der Waals surface area contributed by atoms with Gasteiger partial charge in [0.15, 0.2) is 23.2 Å². The number of nitrogen functional groups attached to an aromatic ring is 1. The van der Waals surface area contributed by atoms with Crippen LogP contribution in [0.4, 0.5) is 10.8 Å². The Kier molecular flexibility index (Phi) is 12.1. The first-order chi connectivity index (χ1) is 25.0. The Morgan fingerprint density at radius 2 is 1.98 bits per heavy atom. The third-order valence-electron chi connectivity index (χ3n) is 8.59. The molecule has 2 aliphatic rings. The molecule has 2 amide bonds. The maximum absolute atomic E-state index is 13.4. The van der Waals surface area contributed by atoms with E-state index in [1.807, 2.05) is 17.1 Å². The van der Waals surface area contributed by atoms with Crippen molar-refractivity contribution in [2.75, 3.05) is 37.3 Å². The number of Topliss-reactive ketones (excluding diaryl/α,β-unsaturated/α-hetero) is 1. The molecular formula is C31H39N9O11S2. The van der Waals surface area contributed by atoms with Crippen molar-refractivity contribution in [1.82, 2.24) is 20.0 Å². The zero-order chi connectivity index (χ0) is 38.5. The van der Waals surface area contributed by atoms with Gasteiger partial charge in [0, 0.05) is 36.4 Å². The van der Waals surface area contributed by atoms with Crippen LogP contribution >= 0.6 is 11.3 Å². The van der Waals surface area contributed by atoms with Crippen molar-refractivity contribution in [2.24, 2.45) is 22.7 Å². The molecule has 0 radical (unpaired) electrons. The van der Waals surface area contributed by atoms with Gasteiger partial charge in [0.25, 0.3) is 17.9 Å². The number of β-lactam (4-membered cyclic amide) rings is 1. The number of carboxylic acid groups (broad SMARTS) is 1. The zero-order valence-corrected chi connectivity index (χ0v) is 30.3. The van der Waals surface area contributed by atoms with Crippen LogP contribution in [0.1, 0.15) is 42.7 Å². The minimum Gasteiger partial charge on any atom is -0.724 e. The SMILES string of the molecule is CC1(C)[C@H](CC(=O)/C(=N\O[C@@H](COc2ccc(C(=O)Nc3cn(CCCN)[n+](CC4CNC4)c3)cc2)C(=O)O)c2csc(N)n2)C(=O)N1OS(=O)(=O)[O-]. The standard InChI is InChI=1S/C31H39N9O11S2/c1-31(2)22(28(43)40(31)51-53(46,47)48)10-24(41)26(23-17-52-30(33)36-23)37-50-25(29(44)45)16-49-21-6-4-19(5-7-21)27(42)35-20-14-38(9-3-8-32)39(15-20)13-18-11-34-12-18/h4-7,14-15,17-18,22,25,34H,3,8-13,16,32H2,1-2H3,(H4-,33,35,36,42,44,45,46,47,48)/b37-26-/t22-,25+/m1/s1. The van der Waals surface area contributed by atoms with Crippen molar-refractivity contribution in [2.45, 2.75) is 51.4 Å². The number of carbonyl (C=O) groups is 4. The van der Waals surface area contributed by atoms with Gasteiger partial charge in [0.2, 0.25) is 16.6 Å². The Morgan fingerprint density at radius 3 is 2.55 bits per heavy atom. The van der Waals surface area contributed by atoms with E-state index in [9.17, 15) is 37.3 Å². The molecule has 0 aliphatic carbocycles. The summed E-state index contributed by atoms with van der Waals surface area (Å²) in [5.74, 6) is -4.03. The van der Waals surface area contributed by atoms with E-state index in [0.29, 0.717) is 35.3 Å². The minimum atomic E-state index is -5.26. The van der Waals surface area contributed by atoms with E-state index < -0.39 is 64.4 Å². The van der Waals surface area contributed by atoms with Gasteiger partial charge in [-0.15, -0.1) is 16.0 Å². The number of hydrogen-bond donors (Lipinski definition) is 5. The molecule has 2 aromatic heterocycles. The van der Waals surface area contributed by atoms with Crippen LogP contribution < -0.4 is 31.5 Å². The molecule has 0 bridgehead atoms. The van der Waals surface area contributed by atoms with Gasteiger partial charge in [-0.05, 0) is 51.1 Å². The highest BCUT2D eigenvalue weighted by Crippen LogP contribution is 2.40. The molecule has 2 aliphatic heterocycles. The zero-order valence-electron chi connectivity index (χ0n) is 28.7. The van der Waals surface area contributed by atoms with Gasteiger partial charge >= 0.3 is 5.97 Å². The number of amides is 2. The molecule has 286 valence electrons. The minimum absolute atomic E-state index is 0.0577. The summed E-state index contributed by atoms with van der Waals surface area (Å²) in [6.45, 7) is 6.11. The number of oxime groups is 1. The second kappa shape index (κ2) is 16.3. The first-order valence-electron chi connectivity index (χ1n) is 16.3. The van der Waals surface area contributed by atoms with Crippen LogP contribution in [-0.2, 0) is 47.0 Å². The number of ether oxygens (including phenoxy) is 1. The largest absolute Gasteiger partial charge is 0.724 e. The topological polar surface area (TPSA) is 287 Å². The summed E-state index contributed by atoms with van der Waals surface area (Å²) < 4.78 is 47.0. The highest BCUT2D eigenvalue weighted by molar-refractivity contribution is 7.80. The van der Waals surface area contributed by atoms with Crippen molar-refractivity contribution >= 4 is 61.8 Å². The fraction of sp³-hybridized carbons (Fsp3) is 0.452. The van der Waals surface area contributed by atoms with Gasteiger partial charge in [-0.3, -0.25) is 14.4 Å². The Balaban J connectivity index is 1.21. The van der Waals surface area contributed by atoms with Crippen LogP contribution in [0.25, 0.3) is 0 Å². The van der Waals surface area contributed by atoms with Crippen molar-refractivity contribution in [1.29, 1.82) is 0 Å². The summed E-state index contributed by atoms with van der Waals surface area (Å²) >= 11 is 0.960. The number of ketones is 1. The van der Waals surface area contributed by atoms with Gasteiger partial charge in [0.1, 0.15) is 23.7 Å². The van der Waals surface area contributed by atoms with Crippen molar-refractivity contribution in [3.63, 3.8) is 0 Å². The third-order valence-corrected chi connectivity index (χ3v) is 9.60. The summed E-state index contributed by atoms with van der Waals surface area (Å²) in [5.41, 5.74) is 10.5. The molecule has 2 fully saturated rings. The summed E-state index contributed by atoms with van der Waals surface area (Å²) in [4.78, 5) is 60.2. The predicted octanol–water partition coefficient (Wildman–Crippen LogP) is -0.524. The first-order valence-corrected chi connectivity index (χ1v) is 18.5. The molecule has 4 heterocycles. The van der Waals surface area contributed by atoms with E-state index in [0.717, 1.165) is 37.4 Å². The maximum atomic E-state index is 13.4. The second-order valence-corrected chi connectivity index (χ2v) is 14.7. The molecule has 22 heteroatoms. The number of hydrogen-bond acceptors (Lipinski definition) is 16. The number of benzene rings is 1. The Morgan fingerprint density at radius 1 is 1.26 bits per heavy atom. The number of anilines is 2. The Labute approximate surface area is 307 Å². The van der Waals surface area contributed by atoms with Crippen LogP contribution in [0, 0.1) is 11.8 Å². The quantitative estimate of drug-likeness (QED) is 0.0256. The molecule has 0 spiro atoms. The van der Waals surface area contributed by atoms with E-state index in [1.54, 1.807) is 0 Å². The number of nitrogens with two attached hydrogens (primary N) is 2. The van der Waals surface area contributed by atoms with Gasteiger partial charge in [-0.2, -0.15) is 14.0 Å². The number of hydroxylamine groups is 2. The lowest BCUT2D eigenvalue weighted by atomic mass is 9.74. The molecule has 20 nitrogen and oxygen atoms in total. The van der Waals surface area contributed by atoms with Crippen molar-refractivity contribution in [3.8, 4) is 5.75 Å². The van der Waals surface area contributed by atoms with Crippen LogP contribution in [0.15, 0.2) is 47.2 Å². The first kappa shape index (κ1) is 39.2. The van der Waals surface area contributed by atoms with E-state index >= 15 is 0 Å². The molecule has 2 saturated heterocycles. The third kappa shape index (κ3) is 9.71. The molecule has 5 rings (SSSR count). The number of aromatic nitrogens is 3. The average Bonchev–Trinajstić information content (AvgIpc) is 3.68. The predicted molar refractivity (Wildman–Crippen MR) is 185 cm³/mol. The normalized spacial score (nSPS) is 17.8. The van der Waals surface area contributed by atoms with Gasteiger partial charge in [-0.25, -0.2) is 18.2 Å². The molecule has 1 aromatic carbocycles. The number of carbonyl (C=O) groups excluding carboxylic acids is 3. The summed E-state index contributed by atoms with van der Waals surface area (Å²) in [5, 5.41) is 21.5. The van der Waals surface area contributed by atoms with E-state index in [-0.39, 0.29) is 22.5 Å². The van der Waals surface area contributed by atoms with Crippen LogP contribution in [0.2, 0.25) is 0 Å². The Bertz CT molecular complexity index is 1980. The lowest BCUT2D eigenvalue weighted by Gasteiger charge is -2.51. The summed E-state index contributed by atoms with van der Waals surface area (Å²) in [6.07, 6.45) is 2.25. The molecule has 0 unspecified atom stereocenters. The fourth-order valence-electron chi connectivity index (χ4n) is 5.54. The van der Waals surface area contributed by atoms with Crippen molar-refractivity contribution < 1.29 is 55.8 Å². The van der Waals surface area contributed by atoms with Gasteiger partial charge in [0.05, 0.1) is 24.2 Å². The van der Waals surface area contributed by atoms with Crippen LogP contribution in [0.5, 0.6) is 5.75 Å². The fourth-order valence-corrected chi connectivity index (χ4v) is 6.53. The second-order valence-electron chi connectivity index (χ2n) is 12.8. The number of aliphatic carboxylic acids is 1. The summed E-state index contributed by atoms with van der Waals surface area (Å²) in [7, 11) is -5.26. The van der Waals surface area contributed by atoms with Gasteiger partial charge < -0.3 is 41.3 Å². The molecular weight excluding hydrogens is 739 g/mol. The number of rotatable bonds is 19. The molecule has 7 N–H and O–H groups in total. The smallest absolute Gasteiger partial charge is 0.351 e. The van der Waals surface area contributed by atoms with Crippen LogP contribution in [0.3, 0.4) is 0 Å². The van der Waals surface area contributed by atoms with E-state index in [2.05, 4.69) is 29.7 Å². The number of thiazole rings is 1. The maximum Gasteiger partial charge on any atom is 0.351 e. The lowest BCUT2D eigenvalue weighted by molar-refractivity contribution is -0.781. The van der Waals surface area contributed by atoms with Crippen molar-refractivity contribution in [3.05, 3.63) is 53.3 Å². The van der Waals surface area contributed by atoms with Gasteiger partial charge in [-0.1, -0.05) is 5.16 Å². The average molecular weight is 778 g/mol. The molecule has 3 aromatic rings. The number of carboxylic acids is 1. The highest BCUT2D eigenvalue weighted by Gasteiger charge is 2.57. The molecule has 53 heavy (non-hydrogen) atoms. The van der Waals surface area contributed by atoms with E-state index in [4.69, 9.17) is 21.0 Å². The van der Waals surface area contributed by atoms with E-state index in [1.165, 1.54) is 43.5 Å². The number of nitrogens with zero attached hydrogens (tertiary/aromatic N) is 5. The van der Waals surface area contributed by atoms with Crippen LogP contribution in [-0.4, -0.2) is 100.0 Å². The molecule has 2 atom stereocenters. The Hall–Kier alpha value is -5.00. The lowest BCUT2D eigenvalue weighted by Crippen LogP contribution is -2.68. The monoisotopic (exact) mass is 777 g/mol. The molecule has 0 saturated carbocycles. The highest BCUT2D eigenvalue weighted by atomic mass is 32.3.